The maximum atomic E-state index is 11.8. The molecule has 1 atom stereocenters. The molecule has 1 nitrogen and oxygen atoms in total. The first-order valence-electron chi connectivity index (χ1n) is 2.10. The molecule has 0 N–H and O–H groups in total. The van der Waals surface area contributed by atoms with Gasteiger partial charge < -0.3 is 0 Å². The summed E-state index contributed by atoms with van der Waals surface area (Å²) in [7, 11) is 0. The maximum Gasteiger partial charge on any atom is 0.418 e. The summed E-state index contributed by atoms with van der Waals surface area (Å²) in [4.78, 5) is 0. The number of hydrogen-bond donors (Lipinski definition) is 0. The maximum absolute atomic E-state index is 11.8. The van der Waals surface area contributed by atoms with Crippen LogP contribution in [0, 0.1) is 11.3 Å². The minimum atomic E-state index is -4.62. The smallest absolute Gasteiger partial charge is 0.196 e. The summed E-state index contributed by atoms with van der Waals surface area (Å²) in [5.74, 6) is -0.812. The Hall–Kier alpha value is 0.0500. The normalized spacial score (nSPS) is 17.6. The van der Waals surface area contributed by atoms with Crippen molar-refractivity contribution in [2.75, 3.05) is 5.88 Å². The second kappa shape index (κ2) is 2.97. The van der Waals surface area contributed by atoms with E-state index in [1.807, 2.05) is 0 Å². The molecule has 0 aliphatic carbocycles. The fourth-order valence-electron chi connectivity index (χ4n) is 0.169. The van der Waals surface area contributed by atoms with Gasteiger partial charge in [0.25, 0.3) is 0 Å². The van der Waals surface area contributed by atoms with E-state index in [0.717, 1.165) is 6.07 Å². The lowest BCUT2D eigenvalue weighted by Crippen LogP contribution is -2.39. The van der Waals surface area contributed by atoms with Gasteiger partial charge in [0.2, 0.25) is 4.32 Å². The van der Waals surface area contributed by atoms with Crippen molar-refractivity contribution in [3.8, 4) is 6.07 Å². The highest BCUT2D eigenvalue weighted by atomic mass is 79.9. The van der Waals surface area contributed by atoms with E-state index in [4.69, 9.17) is 16.9 Å². The quantitative estimate of drug-likeness (QED) is 0.642. The van der Waals surface area contributed by atoms with Crippen LogP contribution in [0.5, 0.6) is 0 Å². The highest BCUT2D eigenvalue weighted by Gasteiger charge is 2.53. The molecule has 0 aliphatic heterocycles. The molecule has 0 fully saturated rings. The molecule has 6 heteroatoms. The van der Waals surface area contributed by atoms with Crippen molar-refractivity contribution in [3.05, 3.63) is 0 Å². The first-order valence-corrected chi connectivity index (χ1v) is 3.43. The van der Waals surface area contributed by atoms with Gasteiger partial charge in [-0.25, -0.2) is 0 Å². The van der Waals surface area contributed by atoms with Crippen LogP contribution in [-0.4, -0.2) is 16.4 Å². The summed E-state index contributed by atoms with van der Waals surface area (Å²) in [5, 5.41) is 8.02. The zero-order chi connectivity index (χ0) is 8.41. The molecule has 0 bridgehead atoms. The van der Waals surface area contributed by atoms with E-state index >= 15 is 0 Å². The fourth-order valence-corrected chi connectivity index (χ4v) is 0.380. The molecule has 0 radical (unpaired) electrons. The van der Waals surface area contributed by atoms with Crippen molar-refractivity contribution in [2.45, 2.75) is 10.5 Å². The molecule has 0 saturated carbocycles. The Balaban J connectivity index is 4.54. The van der Waals surface area contributed by atoms with Gasteiger partial charge in [-0.3, -0.25) is 0 Å². The second-order valence-electron chi connectivity index (χ2n) is 1.54. The van der Waals surface area contributed by atoms with Gasteiger partial charge in [0.1, 0.15) is 0 Å². The summed E-state index contributed by atoms with van der Waals surface area (Å²) in [6.45, 7) is 0. The van der Waals surface area contributed by atoms with Crippen LogP contribution in [-0.2, 0) is 0 Å². The minimum Gasteiger partial charge on any atom is -0.196 e. The molecule has 0 aliphatic rings. The Kier molecular flexibility index (Phi) is 2.99. The van der Waals surface area contributed by atoms with Gasteiger partial charge in [0.15, 0.2) is 0 Å². The Morgan fingerprint density at radius 2 is 1.90 bits per heavy atom. The molecule has 0 aromatic carbocycles. The van der Waals surface area contributed by atoms with Crippen molar-refractivity contribution in [1.82, 2.24) is 0 Å². The number of nitrogens with zero attached hydrogens (tertiary/aromatic N) is 1. The van der Waals surface area contributed by atoms with E-state index in [1.54, 1.807) is 0 Å². The third-order valence-corrected chi connectivity index (χ3v) is 2.44. The first-order chi connectivity index (χ1) is 4.37. The van der Waals surface area contributed by atoms with Crippen molar-refractivity contribution in [1.29, 1.82) is 5.26 Å². The number of hydrogen-bond acceptors (Lipinski definition) is 1. The van der Waals surface area contributed by atoms with Crippen LogP contribution in [0.15, 0.2) is 0 Å². The summed E-state index contributed by atoms with van der Waals surface area (Å²) in [5.41, 5.74) is 0. The molecule has 0 amide bonds. The zero-order valence-electron chi connectivity index (χ0n) is 4.54. The van der Waals surface area contributed by atoms with Crippen LogP contribution in [0.25, 0.3) is 0 Å². The topological polar surface area (TPSA) is 23.8 Å². The highest BCUT2D eigenvalue weighted by molar-refractivity contribution is 9.10. The van der Waals surface area contributed by atoms with Gasteiger partial charge in [-0.2, -0.15) is 18.4 Å². The lowest BCUT2D eigenvalue weighted by molar-refractivity contribution is -0.139. The van der Waals surface area contributed by atoms with E-state index in [2.05, 4.69) is 15.9 Å². The number of rotatable bonds is 1. The molecule has 0 rings (SSSR count). The van der Waals surface area contributed by atoms with Crippen LogP contribution in [0.3, 0.4) is 0 Å². The SMILES string of the molecule is N#CC(Br)(CCl)C(F)(F)F. The van der Waals surface area contributed by atoms with E-state index in [1.165, 1.54) is 0 Å². The van der Waals surface area contributed by atoms with Crippen molar-refractivity contribution in [2.24, 2.45) is 0 Å². The van der Waals surface area contributed by atoms with Crippen LogP contribution in [0.1, 0.15) is 0 Å². The predicted molar refractivity (Wildman–Crippen MR) is 34.0 cm³/mol. The van der Waals surface area contributed by atoms with Crippen LogP contribution < -0.4 is 0 Å². The molecular weight excluding hydrogens is 234 g/mol. The largest absolute Gasteiger partial charge is 0.418 e. The van der Waals surface area contributed by atoms with Gasteiger partial charge >= 0.3 is 6.18 Å². The van der Waals surface area contributed by atoms with Crippen LogP contribution >= 0.6 is 27.5 Å². The van der Waals surface area contributed by atoms with Gasteiger partial charge in [-0.05, 0) is 0 Å². The van der Waals surface area contributed by atoms with Crippen LogP contribution in [0.4, 0.5) is 13.2 Å². The Morgan fingerprint density at radius 3 is 1.90 bits per heavy atom. The number of nitriles is 1. The van der Waals surface area contributed by atoms with Gasteiger partial charge in [-0.15, -0.1) is 11.6 Å². The average Bonchev–Trinajstić information content (AvgIpc) is 1.84. The van der Waals surface area contributed by atoms with Crippen LogP contribution in [0.2, 0.25) is 0 Å². The number of alkyl halides is 5. The lowest BCUT2D eigenvalue weighted by Gasteiger charge is -2.18. The van der Waals surface area contributed by atoms with E-state index < -0.39 is 16.4 Å². The molecule has 0 heterocycles. The van der Waals surface area contributed by atoms with E-state index in [9.17, 15) is 13.2 Å². The van der Waals surface area contributed by atoms with E-state index in [-0.39, 0.29) is 0 Å². The molecule has 58 valence electrons. The molecule has 0 aromatic heterocycles. The summed E-state index contributed by atoms with van der Waals surface area (Å²) in [6, 6.07) is 1.03. The van der Waals surface area contributed by atoms with Crippen molar-refractivity contribution < 1.29 is 13.2 Å². The summed E-state index contributed by atoms with van der Waals surface area (Å²) in [6.07, 6.45) is -4.62. The Morgan fingerprint density at radius 1 is 1.50 bits per heavy atom. The minimum absolute atomic E-state index is 0.812. The fraction of sp³-hybridized carbons (Fsp3) is 0.750. The standard InChI is InChI=1S/C4H2BrClF3N/c5-3(1-6,2-10)4(7,8)9/h1H2. The molecular formula is C4H2BrClF3N. The molecule has 10 heavy (non-hydrogen) atoms. The third kappa shape index (κ3) is 1.77. The Labute approximate surface area is 68.9 Å². The summed E-state index contributed by atoms with van der Waals surface area (Å²) < 4.78 is 32.7. The molecule has 0 aromatic rings. The number of halogens is 5. The second-order valence-corrected chi connectivity index (χ2v) is 3.17. The third-order valence-electron chi connectivity index (χ3n) is 0.811. The average molecular weight is 236 g/mol. The lowest BCUT2D eigenvalue weighted by atomic mass is 10.2. The van der Waals surface area contributed by atoms with Gasteiger partial charge in [0, 0.05) is 0 Å². The monoisotopic (exact) mass is 235 g/mol. The first kappa shape index (κ1) is 10.0. The van der Waals surface area contributed by atoms with Crippen molar-refractivity contribution in [3.63, 3.8) is 0 Å². The highest BCUT2D eigenvalue weighted by Crippen LogP contribution is 2.37. The van der Waals surface area contributed by atoms with E-state index in [0.29, 0.717) is 0 Å². The Bertz CT molecular complexity index is 163. The van der Waals surface area contributed by atoms with Gasteiger partial charge in [0.05, 0.1) is 11.9 Å². The zero-order valence-corrected chi connectivity index (χ0v) is 6.89. The summed E-state index contributed by atoms with van der Waals surface area (Å²) >= 11 is 7.09. The predicted octanol–water partition coefficient (Wildman–Crippen LogP) is 2.44. The molecule has 0 saturated heterocycles. The molecule has 0 spiro atoms. The van der Waals surface area contributed by atoms with Crippen molar-refractivity contribution >= 4 is 27.5 Å². The molecule has 1 unspecified atom stereocenters. The van der Waals surface area contributed by atoms with Gasteiger partial charge in [-0.1, -0.05) is 15.9 Å².